The van der Waals surface area contributed by atoms with Crippen molar-refractivity contribution in [1.82, 2.24) is 10.6 Å². The van der Waals surface area contributed by atoms with Crippen LogP contribution in [-0.2, 0) is 4.79 Å². The van der Waals surface area contributed by atoms with Crippen LogP contribution in [0, 0.1) is 0 Å². The molecule has 6 heteroatoms. The molecule has 0 bridgehead atoms. The lowest BCUT2D eigenvalue weighted by molar-refractivity contribution is -0.122. The second kappa shape index (κ2) is 7.68. The van der Waals surface area contributed by atoms with Gasteiger partial charge in [0.25, 0.3) is 0 Å². The average Bonchev–Trinajstić information content (AvgIpc) is 2.66. The summed E-state index contributed by atoms with van der Waals surface area (Å²) in [6.45, 7) is 2.88. The Hall–Kier alpha value is 0.420. The van der Waals surface area contributed by atoms with Crippen molar-refractivity contribution in [1.29, 1.82) is 0 Å². The van der Waals surface area contributed by atoms with Crippen molar-refractivity contribution in [3.63, 3.8) is 0 Å². The lowest BCUT2D eigenvalue weighted by Crippen LogP contribution is -2.43. The third-order valence-corrected chi connectivity index (χ3v) is 3.91. The van der Waals surface area contributed by atoms with Gasteiger partial charge < -0.3 is 5.32 Å². The SMILES string of the molecule is CSC(C)CNC(=O)[C@H]1CSCN1.Cl. The molecule has 1 fully saturated rings. The smallest absolute Gasteiger partial charge is 0.238 e. The van der Waals surface area contributed by atoms with E-state index in [0.29, 0.717) is 5.25 Å². The van der Waals surface area contributed by atoms with Crippen molar-refractivity contribution in [2.45, 2.75) is 18.2 Å². The number of hydrogen-bond donors (Lipinski definition) is 2. The summed E-state index contributed by atoms with van der Waals surface area (Å²) in [4.78, 5) is 11.5. The van der Waals surface area contributed by atoms with Crippen LogP contribution >= 0.6 is 35.9 Å². The van der Waals surface area contributed by atoms with Crippen LogP contribution < -0.4 is 10.6 Å². The highest BCUT2D eigenvalue weighted by atomic mass is 35.5. The van der Waals surface area contributed by atoms with Crippen molar-refractivity contribution >= 4 is 41.8 Å². The maximum Gasteiger partial charge on any atom is 0.238 e. The summed E-state index contributed by atoms with van der Waals surface area (Å²) >= 11 is 3.54. The molecule has 1 heterocycles. The van der Waals surface area contributed by atoms with Gasteiger partial charge in [0.1, 0.15) is 0 Å². The molecular formula is C8H17ClN2OS2. The summed E-state index contributed by atoms with van der Waals surface area (Å²) in [6, 6.07) is 0.0269. The van der Waals surface area contributed by atoms with E-state index in [1.165, 1.54) is 0 Å². The van der Waals surface area contributed by atoms with Crippen molar-refractivity contribution in [2.75, 3.05) is 24.4 Å². The van der Waals surface area contributed by atoms with Crippen LogP contribution in [0.3, 0.4) is 0 Å². The van der Waals surface area contributed by atoms with Crippen LogP contribution in [0.1, 0.15) is 6.92 Å². The van der Waals surface area contributed by atoms with Crippen molar-refractivity contribution in [3.8, 4) is 0 Å². The average molecular weight is 257 g/mol. The molecule has 1 amide bonds. The number of nitrogens with one attached hydrogen (secondary N) is 2. The highest BCUT2D eigenvalue weighted by Crippen LogP contribution is 2.09. The van der Waals surface area contributed by atoms with Gasteiger partial charge >= 0.3 is 0 Å². The minimum absolute atomic E-state index is 0. The van der Waals surface area contributed by atoms with E-state index in [-0.39, 0.29) is 24.4 Å². The molecule has 14 heavy (non-hydrogen) atoms. The van der Waals surface area contributed by atoms with Gasteiger partial charge in [-0.25, -0.2) is 0 Å². The zero-order valence-corrected chi connectivity index (χ0v) is 10.9. The third-order valence-electron chi connectivity index (χ3n) is 2.00. The van der Waals surface area contributed by atoms with Crippen LogP contribution in [0.5, 0.6) is 0 Å². The molecule has 2 N–H and O–H groups in total. The topological polar surface area (TPSA) is 41.1 Å². The molecule has 0 radical (unpaired) electrons. The number of halogens is 1. The Balaban J connectivity index is 0.00000169. The monoisotopic (exact) mass is 256 g/mol. The Morgan fingerprint density at radius 2 is 2.50 bits per heavy atom. The Kier molecular flexibility index (Phi) is 7.91. The molecule has 3 nitrogen and oxygen atoms in total. The molecule has 84 valence electrons. The van der Waals surface area contributed by atoms with Crippen molar-refractivity contribution in [2.24, 2.45) is 0 Å². The number of rotatable bonds is 4. The Bertz CT molecular complexity index is 177. The van der Waals surface area contributed by atoms with E-state index in [0.717, 1.165) is 18.2 Å². The maximum absolute atomic E-state index is 11.5. The minimum Gasteiger partial charge on any atom is -0.354 e. The van der Waals surface area contributed by atoms with E-state index in [1.54, 1.807) is 23.5 Å². The molecule has 0 aromatic heterocycles. The normalized spacial score (nSPS) is 22.6. The first-order valence-electron chi connectivity index (χ1n) is 4.35. The van der Waals surface area contributed by atoms with E-state index in [4.69, 9.17) is 0 Å². The summed E-state index contributed by atoms with van der Waals surface area (Å²) in [5.74, 6) is 1.95. The maximum atomic E-state index is 11.5. The second-order valence-corrected chi connectivity index (χ2v) is 5.37. The molecule has 0 aromatic carbocycles. The first-order chi connectivity index (χ1) is 6.24. The Morgan fingerprint density at radius 3 is 3.00 bits per heavy atom. The van der Waals surface area contributed by atoms with Crippen molar-refractivity contribution < 1.29 is 4.79 Å². The molecule has 1 rings (SSSR count). The summed E-state index contributed by atoms with van der Waals surface area (Å²) in [5.41, 5.74) is 0. The predicted molar refractivity (Wildman–Crippen MR) is 67.5 cm³/mol. The molecule has 1 unspecified atom stereocenters. The van der Waals surface area contributed by atoms with Crippen LogP contribution in [0.15, 0.2) is 0 Å². The molecule has 0 saturated carbocycles. The molecule has 0 aliphatic carbocycles. The number of amides is 1. The minimum atomic E-state index is 0. The van der Waals surface area contributed by atoms with Gasteiger partial charge in [0.2, 0.25) is 5.91 Å². The second-order valence-electron chi connectivity index (χ2n) is 3.06. The van der Waals surface area contributed by atoms with Gasteiger partial charge in [-0.1, -0.05) is 6.92 Å². The number of hydrogen-bond acceptors (Lipinski definition) is 4. The molecule has 2 atom stereocenters. The molecular weight excluding hydrogens is 240 g/mol. The molecule has 1 saturated heterocycles. The van der Waals surface area contributed by atoms with Crippen LogP contribution in [-0.4, -0.2) is 41.6 Å². The fraction of sp³-hybridized carbons (Fsp3) is 0.875. The van der Waals surface area contributed by atoms with E-state index < -0.39 is 0 Å². The lowest BCUT2D eigenvalue weighted by Gasteiger charge is -2.13. The van der Waals surface area contributed by atoms with Gasteiger partial charge in [0, 0.05) is 23.4 Å². The molecule has 0 spiro atoms. The van der Waals surface area contributed by atoms with E-state index in [9.17, 15) is 4.79 Å². The van der Waals surface area contributed by atoms with Crippen LogP contribution in [0.25, 0.3) is 0 Å². The van der Waals surface area contributed by atoms with Gasteiger partial charge in [0.15, 0.2) is 0 Å². The number of carbonyl (C=O) groups is 1. The van der Waals surface area contributed by atoms with Crippen molar-refractivity contribution in [3.05, 3.63) is 0 Å². The number of thioether (sulfide) groups is 2. The predicted octanol–water partition coefficient (Wildman–Crippen LogP) is 0.938. The highest BCUT2D eigenvalue weighted by molar-refractivity contribution is 7.99. The first kappa shape index (κ1) is 14.4. The highest BCUT2D eigenvalue weighted by Gasteiger charge is 2.22. The summed E-state index contributed by atoms with van der Waals surface area (Å²) in [6.07, 6.45) is 2.06. The van der Waals surface area contributed by atoms with Gasteiger partial charge in [-0.3, -0.25) is 10.1 Å². The van der Waals surface area contributed by atoms with Crippen LogP contribution in [0.2, 0.25) is 0 Å². The number of carbonyl (C=O) groups excluding carboxylic acids is 1. The quantitative estimate of drug-likeness (QED) is 0.786. The zero-order chi connectivity index (χ0) is 9.68. The Morgan fingerprint density at radius 1 is 1.79 bits per heavy atom. The molecule has 1 aliphatic heterocycles. The van der Waals surface area contributed by atoms with E-state index >= 15 is 0 Å². The first-order valence-corrected chi connectivity index (χ1v) is 6.80. The van der Waals surface area contributed by atoms with Gasteiger partial charge in [-0.2, -0.15) is 11.8 Å². The van der Waals surface area contributed by atoms with Gasteiger partial charge in [-0.05, 0) is 6.26 Å². The largest absolute Gasteiger partial charge is 0.354 e. The fourth-order valence-corrected chi connectivity index (χ4v) is 2.21. The lowest BCUT2D eigenvalue weighted by atomic mass is 10.3. The van der Waals surface area contributed by atoms with E-state index in [1.807, 2.05) is 0 Å². The summed E-state index contributed by atoms with van der Waals surface area (Å²) in [7, 11) is 0. The fourth-order valence-electron chi connectivity index (χ4n) is 1.01. The van der Waals surface area contributed by atoms with E-state index in [2.05, 4.69) is 23.8 Å². The van der Waals surface area contributed by atoms with Gasteiger partial charge in [-0.15, -0.1) is 24.2 Å². The summed E-state index contributed by atoms with van der Waals surface area (Å²) < 4.78 is 0. The summed E-state index contributed by atoms with van der Waals surface area (Å²) in [5, 5.41) is 6.58. The third kappa shape index (κ3) is 4.77. The van der Waals surface area contributed by atoms with Gasteiger partial charge in [0.05, 0.1) is 6.04 Å². The standard InChI is InChI=1S/C8H16N2OS2.ClH/c1-6(12-2)3-9-8(11)7-4-13-5-10-7;/h6-7,10H,3-5H2,1-2H3,(H,9,11);1H/t6?,7-;/m1./s1. The molecule has 1 aliphatic rings. The molecule has 0 aromatic rings. The Labute approximate surface area is 99.9 Å². The van der Waals surface area contributed by atoms with Crippen LogP contribution in [0.4, 0.5) is 0 Å². The zero-order valence-electron chi connectivity index (χ0n) is 8.41.